The number of ether oxygens (including phenoxy) is 2. The van der Waals surface area contributed by atoms with E-state index in [1.807, 2.05) is 0 Å². The lowest BCUT2D eigenvalue weighted by Gasteiger charge is -2.17. The zero-order valence-corrected chi connectivity index (χ0v) is 15.7. The molecule has 4 rings (SSSR count). The molecule has 0 fully saturated rings. The summed E-state index contributed by atoms with van der Waals surface area (Å²) in [6.45, 7) is 0.0707. The van der Waals surface area contributed by atoms with Crippen LogP contribution in [0, 0.1) is 5.82 Å². The van der Waals surface area contributed by atoms with Crippen molar-refractivity contribution in [1.29, 1.82) is 0 Å². The molecule has 1 atom stereocenters. The molecule has 144 valence electrons. The van der Waals surface area contributed by atoms with Gasteiger partial charge in [0.15, 0.2) is 21.3 Å². The maximum absolute atomic E-state index is 13.6. The second kappa shape index (κ2) is 6.92. The number of hydrogen-bond donors (Lipinski definition) is 1. The number of hydrogen-bond acceptors (Lipinski definition) is 5. The fraction of sp³-hybridized carbons (Fsp3) is 0.143. The van der Waals surface area contributed by atoms with Gasteiger partial charge in [-0.25, -0.2) is 12.8 Å². The van der Waals surface area contributed by atoms with E-state index in [-0.39, 0.29) is 11.7 Å². The molecule has 0 spiro atoms. The number of aliphatic hydroxyl groups is 1. The summed E-state index contributed by atoms with van der Waals surface area (Å²) in [6.07, 6.45) is 0.0385. The first-order valence-corrected chi connectivity index (χ1v) is 10.4. The largest absolute Gasteiger partial charge is 0.454 e. The fourth-order valence-electron chi connectivity index (χ4n) is 3.17. The van der Waals surface area contributed by atoms with Gasteiger partial charge in [0.05, 0.1) is 4.90 Å². The van der Waals surface area contributed by atoms with Gasteiger partial charge in [0.1, 0.15) is 11.9 Å². The van der Waals surface area contributed by atoms with Crippen LogP contribution in [0.5, 0.6) is 11.5 Å². The summed E-state index contributed by atoms with van der Waals surface area (Å²) in [5, 5.41) is 10.9. The molecular formula is C21H17FO5S. The monoisotopic (exact) mass is 400 g/mol. The van der Waals surface area contributed by atoms with Crippen LogP contribution in [0.25, 0.3) is 11.1 Å². The van der Waals surface area contributed by atoms with Crippen LogP contribution in [0.4, 0.5) is 4.39 Å². The Balaban J connectivity index is 1.84. The molecule has 1 aliphatic rings. The maximum Gasteiger partial charge on any atom is 0.231 e. The molecule has 0 saturated carbocycles. The summed E-state index contributed by atoms with van der Waals surface area (Å²) in [7, 11) is -3.32. The number of benzene rings is 3. The highest BCUT2D eigenvalue weighted by Gasteiger charge is 2.23. The molecule has 7 heteroatoms. The molecule has 1 unspecified atom stereocenters. The molecule has 1 aliphatic heterocycles. The normalized spacial score (nSPS) is 14.1. The van der Waals surface area contributed by atoms with Crippen LogP contribution < -0.4 is 9.47 Å². The number of aliphatic hydroxyl groups excluding tert-OH is 1. The van der Waals surface area contributed by atoms with Crippen LogP contribution >= 0.6 is 0 Å². The van der Waals surface area contributed by atoms with E-state index in [1.54, 1.807) is 30.3 Å². The number of rotatable bonds is 4. The molecule has 5 nitrogen and oxygen atoms in total. The van der Waals surface area contributed by atoms with Crippen LogP contribution in [-0.4, -0.2) is 26.6 Å². The molecule has 1 N–H and O–H groups in total. The Bertz CT molecular complexity index is 1140. The van der Waals surface area contributed by atoms with Gasteiger partial charge in [0.2, 0.25) is 6.79 Å². The SMILES string of the molecule is CS(=O)(=O)c1ccc(-c2cc3c(cc2C(O)c2cccc(F)c2)OCO3)cc1. The minimum Gasteiger partial charge on any atom is -0.454 e. The van der Waals surface area contributed by atoms with E-state index < -0.39 is 21.8 Å². The Morgan fingerprint density at radius 3 is 2.32 bits per heavy atom. The Kier molecular flexibility index (Phi) is 4.56. The van der Waals surface area contributed by atoms with Crippen LogP contribution in [-0.2, 0) is 9.84 Å². The second-order valence-corrected chi connectivity index (χ2v) is 8.56. The summed E-state index contributed by atoms with van der Waals surface area (Å²) >= 11 is 0. The number of halogens is 1. The highest BCUT2D eigenvalue weighted by Crippen LogP contribution is 2.42. The van der Waals surface area contributed by atoms with Crippen molar-refractivity contribution >= 4 is 9.84 Å². The van der Waals surface area contributed by atoms with E-state index >= 15 is 0 Å². The zero-order valence-electron chi connectivity index (χ0n) is 14.9. The first-order chi connectivity index (χ1) is 13.3. The standard InChI is InChI=1S/C21H17FO5S/c1-28(24,25)16-7-5-13(6-8-16)17-10-19-20(27-12-26-19)11-18(17)21(23)14-3-2-4-15(22)9-14/h2-11,21,23H,12H2,1H3. The third-order valence-electron chi connectivity index (χ3n) is 4.60. The van der Waals surface area contributed by atoms with Crippen LogP contribution in [0.2, 0.25) is 0 Å². The summed E-state index contributed by atoms with van der Waals surface area (Å²) in [6, 6.07) is 15.5. The maximum atomic E-state index is 13.6. The highest BCUT2D eigenvalue weighted by molar-refractivity contribution is 7.90. The van der Waals surface area contributed by atoms with Crippen molar-refractivity contribution in [3.8, 4) is 22.6 Å². The second-order valence-electron chi connectivity index (χ2n) is 6.55. The van der Waals surface area contributed by atoms with Gasteiger partial charge >= 0.3 is 0 Å². The van der Waals surface area contributed by atoms with Gasteiger partial charge in [0, 0.05) is 6.26 Å². The van der Waals surface area contributed by atoms with Crippen molar-refractivity contribution in [2.45, 2.75) is 11.0 Å². The van der Waals surface area contributed by atoms with Gasteiger partial charge in [-0.3, -0.25) is 0 Å². The van der Waals surface area contributed by atoms with Crippen molar-refractivity contribution in [1.82, 2.24) is 0 Å². The summed E-state index contributed by atoms with van der Waals surface area (Å²) < 4.78 is 47.9. The van der Waals surface area contributed by atoms with E-state index in [0.29, 0.717) is 33.8 Å². The van der Waals surface area contributed by atoms with E-state index in [4.69, 9.17) is 9.47 Å². The van der Waals surface area contributed by atoms with Crippen LogP contribution in [0.3, 0.4) is 0 Å². The minimum absolute atomic E-state index is 0.0707. The van der Waals surface area contributed by atoms with Crippen molar-refractivity contribution in [3.05, 3.63) is 77.6 Å². The molecule has 3 aromatic rings. The Morgan fingerprint density at radius 1 is 1.00 bits per heavy atom. The Labute approximate surface area is 161 Å². The van der Waals surface area contributed by atoms with Gasteiger partial charge in [-0.2, -0.15) is 0 Å². The smallest absolute Gasteiger partial charge is 0.231 e. The predicted molar refractivity (Wildman–Crippen MR) is 102 cm³/mol. The van der Waals surface area contributed by atoms with Gasteiger partial charge in [-0.1, -0.05) is 24.3 Å². The van der Waals surface area contributed by atoms with Crippen molar-refractivity contribution in [2.75, 3.05) is 13.0 Å². The number of sulfone groups is 1. The summed E-state index contributed by atoms with van der Waals surface area (Å²) in [4.78, 5) is 0.198. The molecule has 28 heavy (non-hydrogen) atoms. The average Bonchev–Trinajstić information content (AvgIpc) is 3.13. The van der Waals surface area contributed by atoms with E-state index in [2.05, 4.69) is 0 Å². The van der Waals surface area contributed by atoms with Crippen LogP contribution in [0.1, 0.15) is 17.2 Å². The van der Waals surface area contributed by atoms with Gasteiger partial charge < -0.3 is 14.6 Å². The molecule has 0 amide bonds. The zero-order chi connectivity index (χ0) is 19.9. The number of fused-ring (bicyclic) bond motifs is 1. The third-order valence-corrected chi connectivity index (χ3v) is 5.73. The quantitative estimate of drug-likeness (QED) is 0.723. The van der Waals surface area contributed by atoms with E-state index in [9.17, 15) is 17.9 Å². The molecule has 0 bridgehead atoms. The lowest BCUT2D eigenvalue weighted by atomic mass is 9.92. The van der Waals surface area contributed by atoms with E-state index in [0.717, 1.165) is 6.26 Å². The summed E-state index contributed by atoms with van der Waals surface area (Å²) in [5.74, 6) is 0.565. The van der Waals surface area contributed by atoms with Crippen molar-refractivity contribution in [3.63, 3.8) is 0 Å². The van der Waals surface area contributed by atoms with Crippen molar-refractivity contribution in [2.24, 2.45) is 0 Å². The lowest BCUT2D eigenvalue weighted by molar-refractivity contribution is 0.173. The first kappa shape index (κ1) is 18.5. The topological polar surface area (TPSA) is 72.8 Å². The van der Waals surface area contributed by atoms with Gasteiger partial charge in [-0.05, 0) is 58.7 Å². The fourth-order valence-corrected chi connectivity index (χ4v) is 3.80. The molecule has 1 heterocycles. The average molecular weight is 400 g/mol. The van der Waals surface area contributed by atoms with E-state index in [1.165, 1.54) is 30.3 Å². The summed E-state index contributed by atoms with van der Waals surface area (Å²) in [5.41, 5.74) is 2.23. The Hall–Kier alpha value is -2.90. The molecular weight excluding hydrogens is 383 g/mol. The van der Waals surface area contributed by atoms with Crippen LogP contribution in [0.15, 0.2) is 65.6 Å². The van der Waals surface area contributed by atoms with Gasteiger partial charge in [0.25, 0.3) is 0 Å². The molecule has 0 saturated heterocycles. The molecule has 0 aliphatic carbocycles. The molecule has 0 aromatic heterocycles. The third kappa shape index (κ3) is 3.46. The minimum atomic E-state index is -3.32. The Morgan fingerprint density at radius 2 is 1.68 bits per heavy atom. The first-order valence-electron chi connectivity index (χ1n) is 8.50. The molecule has 0 radical (unpaired) electrons. The van der Waals surface area contributed by atoms with Crippen molar-refractivity contribution < 1.29 is 27.4 Å². The molecule has 3 aromatic carbocycles. The lowest BCUT2D eigenvalue weighted by Crippen LogP contribution is -2.03. The highest BCUT2D eigenvalue weighted by atomic mass is 32.2. The van der Waals surface area contributed by atoms with Gasteiger partial charge in [-0.15, -0.1) is 0 Å². The predicted octanol–water partition coefficient (Wildman–Crippen LogP) is 3.71.